The molecule has 1 saturated carbocycles. The molecule has 21 heavy (non-hydrogen) atoms. The summed E-state index contributed by atoms with van der Waals surface area (Å²) >= 11 is 0. The summed E-state index contributed by atoms with van der Waals surface area (Å²) in [6.45, 7) is 2.04. The van der Waals surface area contributed by atoms with Crippen LogP contribution in [0.4, 0.5) is 0 Å². The van der Waals surface area contributed by atoms with E-state index in [9.17, 15) is 0 Å². The SMILES string of the molecule is CC1Oc2ccccc2C1N=C(N)NC1CCCCC1.I. The largest absolute Gasteiger partial charge is 0.488 e. The fourth-order valence-corrected chi connectivity index (χ4v) is 3.17. The lowest BCUT2D eigenvalue weighted by atomic mass is 9.96. The van der Waals surface area contributed by atoms with Crippen molar-refractivity contribution in [1.29, 1.82) is 0 Å². The van der Waals surface area contributed by atoms with Crippen LogP contribution in [0.15, 0.2) is 29.3 Å². The van der Waals surface area contributed by atoms with Crippen LogP contribution in [-0.2, 0) is 0 Å². The fraction of sp³-hybridized carbons (Fsp3) is 0.562. The van der Waals surface area contributed by atoms with Gasteiger partial charge in [0, 0.05) is 11.6 Å². The molecule has 1 aliphatic heterocycles. The van der Waals surface area contributed by atoms with Gasteiger partial charge in [-0.3, -0.25) is 0 Å². The third-order valence-electron chi connectivity index (χ3n) is 4.23. The average molecular weight is 401 g/mol. The average Bonchev–Trinajstić information content (AvgIpc) is 2.76. The molecule has 4 nitrogen and oxygen atoms in total. The van der Waals surface area contributed by atoms with Crippen LogP contribution in [0.2, 0.25) is 0 Å². The second-order valence-electron chi connectivity index (χ2n) is 5.80. The third-order valence-corrected chi connectivity index (χ3v) is 4.23. The van der Waals surface area contributed by atoms with E-state index in [0.29, 0.717) is 12.0 Å². The molecule has 1 heterocycles. The van der Waals surface area contributed by atoms with Gasteiger partial charge in [0.1, 0.15) is 17.9 Å². The molecule has 116 valence electrons. The Hall–Kier alpha value is -0.980. The van der Waals surface area contributed by atoms with Crippen LogP contribution in [-0.4, -0.2) is 18.1 Å². The molecule has 5 heteroatoms. The van der Waals surface area contributed by atoms with Crippen LogP contribution in [0.5, 0.6) is 5.75 Å². The van der Waals surface area contributed by atoms with E-state index in [1.165, 1.54) is 32.1 Å². The molecule has 2 aliphatic rings. The molecule has 3 rings (SSSR count). The number of nitrogens with two attached hydrogens (primary N) is 1. The van der Waals surface area contributed by atoms with Crippen LogP contribution in [0, 0.1) is 0 Å². The standard InChI is InChI=1S/C16H23N3O.HI/c1-11-15(13-9-5-6-10-14(13)20-11)19-16(17)18-12-7-3-2-4-8-12;/h5-6,9-12,15H,2-4,7-8H2,1H3,(H3,17,18,19);1H. The van der Waals surface area contributed by atoms with Crippen molar-refractivity contribution in [1.82, 2.24) is 5.32 Å². The Morgan fingerprint density at radius 2 is 1.95 bits per heavy atom. The second kappa shape index (κ2) is 7.33. The monoisotopic (exact) mass is 401 g/mol. The number of nitrogens with zero attached hydrogens (tertiary/aromatic N) is 1. The summed E-state index contributed by atoms with van der Waals surface area (Å²) in [5, 5.41) is 3.37. The Morgan fingerprint density at radius 1 is 1.24 bits per heavy atom. The van der Waals surface area contributed by atoms with E-state index in [1.807, 2.05) is 25.1 Å². The minimum Gasteiger partial charge on any atom is -0.488 e. The Balaban J connectivity index is 0.00000161. The molecule has 2 atom stereocenters. The molecule has 1 fully saturated rings. The van der Waals surface area contributed by atoms with Crippen molar-refractivity contribution in [2.24, 2.45) is 10.7 Å². The van der Waals surface area contributed by atoms with Gasteiger partial charge in [0.15, 0.2) is 5.96 Å². The number of benzene rings is 1. The molecule has 1 aliphatic carbocycles. The first kappa shape index (κ1) is 16.4. The normalized spacial score (nSPS) is 25.7. The first-order valence-corrected chi connectivity index (χ1v) is 7.59. The number of ether oxygens (including phenoxy) is 1. The zero-order chi connectivity index (χ0) is 13.9. The summed E-state index contributed by atoms with van der Waals surface area (Å²) in [5.41, 5.74) is 7.22. The highest BCUT2D eigenvalue weighted by atomic mass is 127. The fourth-order valence-electron chi connectivity index (χ4n) is 3.17. The first-order chi connectivity index (χ1) is 9.74. The van der Waals surface area contributed by atoms with Crippen LogP contribution in [0.1, 0.15) is 50.6 Å². The van der Waals surface area contributed by atoms with Gasteiger partial charge in [-0.1, -0.05) is 37.5 Å². The van der Waals surface area contributed by atoms with E-state index < -0.39 is 0 Å². The van der Waals surface area contributed by atoms with E-state index in [-0.39, 0.29) is 36.1 Å². The smallest absolute Gasteiger partial charge is 0.189 e. The lowest BCUT2D eigenvalue weighted by Crippen LogP contribution is -2.41. The second-order valence-corrected chi connectivity index (χ2v) is 5.80. The summed E-state index contributed by atoms with van der Waals surface area (Å²) in [6, 6.07) is 8.56. The molecule has 3 N–H and O–H groups in total. The van der Waals surface area contributed by atoms with E-state index >= 15 is 0 Å². The predicted molar refractivity (Wildman–Crippen MR) is 96.3 cm³/mol. The number of para-hydroxylation sites is 1. The van der Waals surface area contributed by atoms with Gasteiger partial charge in [0.05, 0.1) is 0 Å². The molecule has 0 bridgehead atoms. The molecular formula is C16H24IN3O. The van der Waals surface area contributed by atoms with Gasteiger partial charge in [-0.05, 0) is 25.8 Å². The summed E-state index contributed by atoms with van der Waals surface area (Å²) < 4.78 is 5.82. The number of halogens is 1. The van der Waals surface area contributed by atoms with Crippen molar-refractivity contribution < 1.29 is 4.74 Å². The minimum absolute atomic E-state index is 0. The number of hydrogen-bond donors (Lipinski definition) is 2. The number of guanidine groups is 1. The maximum atomic E-state index is 6.09. The first-order valence-electron chi connectivity index (χ1n) is 7.59. The van der Waals surface area contributed by atoms with Crippen LogP contribution in [0.25, 0.3) is 0 Å². The minimum atomic E-state index is 0. The van der Waals surface area contributed by atoms with Gasteiger partial charge < -0.3 is 15.8 Å². The summed E-state index contributed by atoms with van der Waals surface area (Å²) in [6.07, 6.45) is 6.36. The summed E-state index contributed by atoms with van der Waals surface area (Å²) in [4.78, 5) is 4.65. The van der Waals surface area contributed by atoms with Crippen molar-refractivity contribution in [3.8, 4) is 5.75 Å². The Kier molecular flexibility index (Phi) is 5.72. The molecule has 0 saturated heterocycles. The highest BCUT2D eigenvalue weighted by Crippen LogP contribution is 2.38. The zero-order valence-corrected chi connectivity index (χ0v) is 14.7. The number of aliphatic imine (C=N–C) groups is 1. The van der Waals surface area contributed by atoms with Crippen molar-refractivity contribution >= 4 is 29.9 Å². The van der Waals surface area contributed by atoms with Crippen LogP contribution < -0.4 is 15.8 Å². The van der Waals surface area contributed by atoms with Gasteiger partial charge in [-0.25, -0.2) is 4.99 Å². The lowest BCUT2D eigenvalue weighted by molar-refractivity contribution is 0.228. The van der Waals surface area contributed by atoms with E-state index in [2.05, 4.69) is 16.4 Å². The predicted octanol–water partition coefficient (Wildman–Crippen LogP) is 3.36. The Morgan fingerprint density at radius 3 is 2.71 bits per heavy atom. The maximum absolute atomic E-state index is 6.09. The number of nitrogens with one attached hydrogen (secondary N) is 1. The molecule has 1 aromatic rings. The molecule has 2 unspecified atom stereocenters. The van der Waals surface area contributed by atoms with E-state index in [0.717, 1.165) is 11.3 Å². The van der Waals surface area contributed by atoms with Gasteiger partial charge in [-0.15, -0.1) is 24.0 Å². The van der Waals surface area contributed by atoms with E-state index in [1.54, 1.807) is 0 Å². The third kappa shape index (κ3) is 3.81. The lowest BCUT2D eigenvalue weighted by Gasteiger charge is -2.23. The van der Waals surface area contributed by atoms with Gasteiger partial charge in [0.2, 0.25) is 0 Å². The quantitative estimate of drug-likeness (QED) is 0.454. The van der Waals surface area contributed by atoms with E-state index in [4.69, 9.17) is 10.5 Å². The van der Waals surface area contributed by atoms with Gasteiger partial charge in [-0.2, -0.15) is 0 Å². The topological polar surface area (TPSA) is 59.6 Å². The number of hydrogen-bond acceptors (Lipinski definition) is 2. The van der Waals surface area contributed by atoms with Crippen molar-refractivity contribution in [3.05, 3.63) is 29.8 Å². The van der Waals surface area contributed by atoms with Gasteiger partial charge >= 0.3 is 0 Å². The van der Waals surface area contributed by atoms with Crippen LogP contribution in [0.3, 0.4) is 0 Å². The maximum Gasteiger partial charge on any atom is 0.189 e. The van der Waals surface area contributed by atoms with Crippen molar-refractivity contribution in [2.75, 3.05) is 0 Å². The number of fused-ring (bicyclic) bond motifs is 1. The van der Waals surface area contributed by atoms with Crippen molar-refractivity contribution in [3.63, 3.8) is 0 Å². The summed E-state index contributed by atoms with van der Waals surface area (Å²) in [5.74, 6) is 1.48. The Labute approximate surface area is 143 Å². The Bertz CT molecular complexity index is 500. The molecule has 0 amide bonds. The summed E-state index contributed by atoms with van der Waals surface area (Å²) in [7, 11) is 0. The molecule has 0 spiro atoms. The van der Waals surface area contributed by atoms with Crippen LogP contribution >= 0.6 is 24.0 Å². The molecule has 1 aromatic carbocycles. The highest BCUT2D eigenvalue weighted by Gasteiger charge is 2.30. The molecule has 0 radical (unpaired) electrons. The highest BCUT2D eigenvalue weighted by molar-refractivity contribution is 14.0. The zero-order valence-electron chi connectivity index (χ0n) is 12.4. The molecular weight excluding hydrogens is 377 g/mol. The number of rotatable bonds is 2. The van der Waals surface area contributed by atoms with Crippen molar-refractivity contribution in [2.45, 2.75) is 57.2 Å². The van der Waals surface area contributed by atoms with Gasteiger partial charge in [0.25, 0.3) is 0 Å². The molecule has 0 aromatic heterocycles.